The Kier molecular flexibility index (Phi) is 12.9. The van der Waals surface area contributed by atoms with Gasteiger partial charge in [-0.3, -0.25) is 14.6 Å². The number of nitrogens with one attached hydrogen (secondary N) is 2. The van der Waals surface area contributed by atoms with E-state index in [1.165, 1.54) is 37.0 Å². The van der Waals surface area contributed by atoms with Gasteiger partial charge in [0.25, 0.3) is 0 Å². The number of likely N-dealkylation sites (tertiary alicyclic amines) is 1. The molecule has 53 heavy (non-hydrogen) atoms. The monoisotopic (exact) mass is 746 g/mol. The van der Waals surface area contributed by atoms with Gasteiger partial charge < -0.3 is 25.4 Å². The molecule has 1 saturated carbocycles. The van der Waals surface area contributed by atoms with Crippen molar-refractivity contribution in [3.05, 3.63) is 53.8 Å². The zero-order valence-electron chi connectivity index (χ0n) is 30.6. The van der Waals surface area contributed by atoms with Gasteiger partial charge in [0.1, 0.15) is 22.9 Å². The number of alkyl halides is 3. The van der Waals surface area contributed by atoms with Gasteiger partial charge in [-0.1, -0.05) is 31.4 Å². The molecule has 290 valence electrons. The number of aliphatic imine (C=N–C) groups is 1. The molecule has 2 saturated heterocycles. The van der Waals surface area contributed by atoms with Gasteiger partial charge in [-0.25, -0.2) is 14.0 Å². The van der Waals surface area contributed by atoms with Crippen LogP contribution in [0.25, 0.3) is 0 Å². The number of carboxylic acid groups (broad SMARTS) is 1. The van der Waals surface area contributed by atoms with Gasteiger partial charge in [-0.05, 0) is 88.3 Å². The summed E-state index contributed by atoms with van der Waals surface area (Å²) in [5.74, 6) is -1.53. The highest BCUT2D eigenvalue weighted by atomic mass is 19.4. The number of benzene rings is 2. The van der Waals surface area contributed by atoms with E-state index in [4.69, 9.17) is 19.6 Å². The number of amides is 3. The van der Waals surface area contributed by atoms with E-state index in [-0.39, 0.29) is 29.9 Å². The first-order valence-corrected chi connectivity index (χ1v) is 18.4. The van der Waals surface area contributed by atoms with E-state index in [0.717, 1.165) is 62.6 Å². The Balaban J connectivity index is 0.000000705. The molecule has 3 heterocycles. The van der Waals surface area contributed by atoms with Crippen molar-refractivity contribution in [3.8, 4) is 5.75 Å². The Morgan fingerprint density at radius 3 is 2.23 bits per heavy atom. The predicted octanol–water partition coefficient (Wildman–Crippen LogP) is 6.65. The van der Waals surface area contributed by atoms with Crippen LogP contribution < -0.4 is 25.2 Å². The number of nitrogens with zero attached hydrogens (tertiary/aromatic N) is 4. The lowest BCUT2D eigenvalue weighted by molar-refractivity contribution is -0.192. The molecule has 2 aromatic rings. The lowest BCUT2D eigenvalue weighted by atomic mass is 9.83. The molecule has 3 N–H and O–H groups in total. The first kappa shape index (κ1) is 39.8. The van der Waals surface area contributed by atoms with Crippen molar-refractivity contribution in [2.45, 2.75) is 115 Å². The zero-order chi connectivity index (χ0) is 38.3. The van der Waals surface area contributed by atoms with Gasteiger partial charge in [0, 0.05) is 51.7 Å². The molecule has 2 aromatic carbocycles. The van der Waals surface area contributed by atoms with Crippen LogP contribution in [0.4, 0.5) is 33.7 Å². The Labute approximate surface area is 307 Å². The van der Waals surface area contributed by atoms with Crippen LogP contribution in [0.15, 0.2) is 47.5 Å². The number of aliphatic carboxylic acids is 1. The third-order valence-electron chi connectivity index (χ3n) is 10.2. The van der Waals surface area contributed by atoms with Crippen molar-refractivity contribution in [2.75, 3.05) is 36.0 Å². The highest BCUT2D eigenvalue weighted by Gasteiger charge is 2.53. The maximum Gasteiger partial charge on any atom is 0.490 e. The number of halogens is 4. The Bertz CT molecular complexity index is 1630. The number of hydrogen-bond donors (Lipinski definition) is 3. The summed E-state index contributed by atoms with van der Waals surface area (Å²) in [6.45, 7) is 9.36. The average Bonchev–Trinajstić information content (AvgIpc) is 3.35. The van der Waals surface area contributed by atoms with E-state index in [0.29, 0.717) is 37.7 Å². The van der Waals surface area contributed by atoms with Gasteiger partial charge in [-0.15, -0.1) is 0 Å². The minimum atomic E-state index is -5.08. The van der Waals surface area contributed by atoms with Gasteiger partial charge >= 0.3 is 18.2 Å². The third kappa shape index (κ3) is 10.2. The van der Waals surface area contributed by atoms with Crippen molar-refractivity contribution in [3.63, 3.8) is 0 Å². The molecule has 0 bridgehead atoms. The van der Waals surface area contributed by atoms with Gasteiger partial charge in [0.05, 0.1) is 17.5 Å². The number of carboxylic acids is 1. The molecular formula is C38H50F4N6O5. The summed E-state index contributed by atoms with van der Waals surface area (Å²) in [5.41, 5.74) is 1.94. The SMILES string of the molecule is CC(=O)NC1CCN(c2ccc(F)cc2N2C(=O)N=C(NC3CCCCC3)C23CCN(Cc2cccc(OC(C)C)c2)CC3)CC1.O=C(O)C(F)(F)F. The number of amidine groups is 1. The van der Waals surface area contributed by atoms with Crippen LogP contribution in [0.5, 0.6) is 5.75 Å². The first-order chi connectivity index (χ1) is 25.1. The fraction of sp³-hybridized carbons (Fsp3) is 0.579. The second-order valence-electron chi connectivity index (χ2n) is 14.6. The van der Waals surface area contributed by atoms with Crippen LogP contribution in [-0.2, 0) is 16.1 Å². The molecule has 3 fully saturated rings. The van der Waals surface area contributed by atoms with E-state index in [9.17, 15) is 22.8 Å². The molecule has 3 aliphatic heterocycles. The number of carbonyl (C=O) groups excluding carboxylic acids is 2. The molecule has 0 unspecified atom stereocenters. The van der Waals surface area contributed by atoms with Gasteiger partial charge in [0.2, 0.25) is 5.91 Å². The van der Waals surface area contributed by atoms with E-state index >= 15 is 4.39 Å². The predicted molar refractivity (Wildman–Crippen MR) is 194 cm³/mol. The quantitative estimate of drug-likeness (QED) is 0.257. The van der Waals surface area contributed by atoms with Crippen LogP contribution in [-0.4, -0.2) is 89.8 Å². The summed E-state index contributed by atoms with van der Waals surface area (Å²) < 4.78 is 52.7. The highest BCUT2D eigenvalue weighted by Crippen LogP contribution is 2.44. The lowest BCUT2D eigenvalue weighted by Gasteiger charge is -2.47. The van der Waals surface area contributed by atoms with Crippen molar-refractivity contribution < 1.29 is 41.8 Å². The molecule has 15 heteroatoms. The molecule has 1 spiro atoms. The summed E-state index contributed by atoms with van der Waals surface area (Å²) in [6, 6.07) is 13.2. The average molecular weight is 747 g/mol. The standard InChI is InChI=1S/C36H49FN6O3.C2HF3O2/c1-25(2)46-31-11-7-8-27(22-31)24-41-20-16-36(17-21-41)34(39-29-9-5-4-6-10-29)40-35(45)43(36)33-23-28(37)12-13-32(33)42-18-14-30(15-19-42)38-26(3)44;3-2(4,5)1(6)7/h7-8,11-13,22-23,25,29-30H,4-6,9-10,14-21,24H2,1-3H3,(H,38,44)(H,39,40,45);(H,6,7). The zero-order valence-corrected chi connectivity index (χ0v) is 30.6. The molecule has 4 aliphatic rings. The number of piperidine rings is 2. The number of ether oxygens (including phenoxy) is 1. The Morgan fingerprint density at radius 1 is 0.962 bits per heavy atom. The number of hydrogen-bond acceptors (Lipinski definition) is 7. The number of urea groups is 1. The fourth-order valence-corrected chi connectivity index (χ4v) is 7.76. The van der Waals surface area contributed by atoms with Crippen molar-refractivity contribution >= 4 is 35.1 Å². The molecule has 3 amide bonds. The molecule has 11 nitrogen and oxygen atoms in total. The van der Waals surface area contributed by atoms with Gasteiger partial charge in [-0.2, -0.15) is 18.2 Å². The third-order valence-corrected chi connectivity index (χ3v) is 10.2. The fourth-order valence-electron chi connectivity index (χ4n) is 7.76. The minimum absolute atomic E-state index is 0.0244. The van der Waals surface area contributed by atoms with Gasteiger partial charge in [0.15, 0.2) is 0 Å². The van der Waals surface area contributed by atoms with E-state index in [2.05, 4.69) is 32.6 Å². The Hall–Kier alpha value is -4.40. The molecule has 0 aromatic heterocycles. The van der Waals surface area contributed by atoms with Crippen LogP contribution in [0.2, 0.25) is 0 Å². The molecule has 0 atom stereocenters. The van der Waals surface area contributed by atoms with Crippen LogP contribution in [0.1, 0.15) is 84.1 Å². The molecule has 6 rings (SSSR count). The summed E-state index contributed by atoms with van der Waals surface area (Å²) in [5, 5.41) is 13.9. The minimum Gasteiger partial charge on any atom is -0.491 e. The summed E-state index contributed by atoms with van der Waals surface area (Å²) in [6.07, 6.45) is 3.72. The molecule has 0 radical (unpaired) electrons. The van der Waals surface area contributed by atoms with Crippen LogP contribution in [0, 0.1) is 5.82 Å². The lowest BCUT2D eigenvalue weighted by Crippen LogP contribution is -2.62. The van der Waals surface area contributed by atoms with Crippen molar-refractivity contribution in [1.29, 1.82) is 0 Å². The summed E-state index contributed by atoms with van der Waals surface area (Å²) in [4.78, 5) is 45.7. The smallest absolute Gasteiger partial charge is 0.490 e. The van der Waals surface area contributed by atoms with E-state index in [1.54, 1.807) is 13.0 Å². The number of rotatable bonds is 8. The van der Waals surface area contributed by atoms with Crippen LogP contribution >= 0.6 is 0 Å². The highest BCUT2D eigenvalue weighted by molar-refractivity contribution is 6.17. The number of carbonyl (C=O) groups is 3. The maximum atomic E-state index is 15.1. The second kappa shape index (κ2) is 17.2. The summed E-state index contributed by atoms with van der Waals surface area (Å²) in [7, 11) is 0. The number of anilines is 2. The van der Waals surface area contributed by atoms with Crippen molar-refractivity contribution in [2.24, 2.45) is 4.99 Å². The largest absolute Gasteiger partial charge is 0.491 e. The second-order valence-corrected chi connectivity index (χ2v) is 14.6. The van der Waals surface area contributed by atoms with E-state index in [1.807, 2.05) is 30.9 Å². The molecule has 1 aliphatic carbocycles. The van der Waals surface area contributed by atoms with Crippen LogP contribution in [0.3, 0.4) is 0 Å². The summed E-state index contributed by atoms with van der Waals surface area (Å²) >= 11 is 0. The normalized spacial score (nSPS) is 19.8. The van der Waals surface area contributed by atoms with Crippen molar-refractivity contribution in [1.82, 2.24) is 15.5 Å². The molecular weight excluding hydrogens is 696 g/mol. The first-order valence-electron chi connectivity index (χ1n) is 18.4. The van der Waals surface area contributed by atoms with E-state index < -0.39 is 17.7 Å². The topological polar surface area (TPSA) is 127 Å². The maximum absolute atomic E-state index is 15.1. The Morgan fingerprint density at radius 2 is 1.62 bits per heavy atom.